The normalized spacial score (nSPS) is 23.9. The number of carbonyl (C=O) groups excluding carboxylic acids is 3. The zero-order valence-electron chi connectivity index (χ0n) is 14.7. The molecular formula is C18H20N2O5S2. The highest BCUT2D eigenvalue weighted by Gasteiger charge is 2.35. The van der Waals surface area contributed by atoms with Gasteiger partial charge in [0.1, 0.15) is 5.75 Å². The molecule has 3 rings (SSSR count). The van der Waals surface area contributed by atoms with Crippen LogP contribution in [0.2, 0.25) is 0 Å². The number of methoxy groups -OCH3 is 1. The minimum atomic E-state index is -0.556. The number of amides is 3. The lowest BCUT2D eigenvalue weighted by molar-refractivity contribution is -0.124. The Kier molecular flexibility index (Phi) is 6.46. The number of rotatable bonds is 6. The van der Waals surface area contributed by atoms with Gasteiger partial charge in [0.2, 0.25) is 5.91 Å². The van der Waals surface area contributed by atoms with E-state index in [0.717, 1.165) is 16.7 Å². The number of benzene rings is 1. The van der Waals surface area contributed by atoms with Crippen molar-refractivity contribution < 1.29 is 24.2 Å². The maximum Gasteiger partial charge on any atom is 0.293 e. The van der Waals surface area contributed by atoms with Crippen molar-refractivity contribution in [3.63, 3.8) is 0 Å². The first kappa shape index (κ1) is 19.8. The second kappa shape index (κ2) is 8.81. The fourth-order valence-corrected chi connectivity index (χ4v) is 4.82. The van der Waals surface area contributed by atoms with E-state index in [4.69, 9.17) is 4.74 Å². The predicted molar refractivity (Wildman–Crippen MR) is 106 cm³/mol. The zero-order chi connectivity index (χ0) is 19.4. The number of imide groups is 1. The van der Waals surface area contributed by atoms with Gasteiger partial charge < -0.3 is 15.2 Å². The molecule has 3 amide bonds. The summed E-state index contributed by atoms with van der Waals surface area (Å²) in [6.45, 7) is 0.00965. The quantitative estimate of drug-likeness (QED) is 0.692. The monoisotopic (exact) mass is 408 g/mol. The summed E-state index contributed by atoms with van der Waals surface area (Å²) in [5, 5.41) is 12.1. The number of aliphatic hydroxyl groups is 1. The zero-order valence-corrected chi connectivity index (χ0v) is 16.3. The maximum atomic E-state index is 12.5. The van der Waals surface area contributed by atoms with Gasteiger partial charge in [0, 0.05) is 30.0 Å². The molecular weight excluding hydrogens is 388 g/mol. The second-order valence-corrected chi connectivity index (χ2v) is 8.17. The average molecular weight is 409 g/mol. The van der Waals surface area contributed by atoms with Crippen molar-refractivity contribution in [3.05, 3.63) is 34.7 Å². The Labute approximate surface area is 165 Å². The lowest BCUT2D eigenvalue weighted by Gasteiger charge is -2.17. The summed E-state index contributed by atoms with van der Waals surface area (Å²) < 4.78 is 5.26. The molecule has 7 nitrogen and oxygen atoms in total. The van der Waals surface area contributed by atoms with Gasteiger partial charge in [-0.3, -0.25) is 19.3 Å². The second-order valence-electron chi connectivity index (χ2n) is 6.10. The molecule has 2 atom stereocenters. The van der Waals surface area contributed by atoms with Crippen molar-refractivity contribution in [2.75, 3.05) is 25.2 Å². The Bertz CT molecular complexity index is 783. The van der Waals surface area contributed by atoms with E-state index in [0.29, 0.717) is 27.7 Å². The lowest BCUT2D eigenvalue weighted by atomic mass is 10.2. The van der Waals surface area contributed by atoms with Gasteiger partial charge in [-0.1, -0.05) is 18.2 Å². The van der Waals surface area contributed by atoms with Gasteiger partial charge in [-0.2, -0.15) is 11.8 Å². The molecule has 2 saturated heterocycles. The molecule has 0 saturated carbocycles. The number of ether oxygens (including phenoxy) is 1. The Balaban J connectivity index is 1.61. The van der Waals surface area contributed by atoms with Crippen LogP contribution in [0, 0.1) is 0 Å². The van der Waals surface area contributed by atoms with Crippen LogP contribution >= 0.6 is 23.5 Å². The van der Waals surface area contributed by atoms with Gasteiger partial charge in [-0.25, -0.2) is 0 Å². The van der Waals surface area contributed by atoms with Crippen molar-refractivity contribution in [2.45, 2.75) is 18.6 Å². The molecule has 2 N–H and O–H groups in total. The van der Waals surface area contributed by atoms with Crippen LogP contribution in [0.25, 0.3) is 6.08 Å². The van der Waals surface area contributed by atoms with Crippen molar-refractivity contribution in [2.24, 2.45) is 0 Å². The molecule has 1 aromatic rings. The molecule has 0 radical (unpaired) electrons. The Hall–Kier alpha value is -1.97. The van der Waals surface area contributed by atoms with Crippen LogP contribution in [0.5, 0.6) is 5.75 Å². The average Bonchev–Trinajstić information content (AvgIpc) is 3.17. The van der Waals surface area contributed by atoms with E-state index in [1.165, 1.54) is 7.11 Å². The molecule has 0 aromatic heterocycles. The number of hydrogen-bond acceptors (Lipinski definition) is 7. The Morgan fingerprint density at radius 2 is 2.15 bits per heavy atom. The minimum absolute atomic E-state index is 0.00780. The summed E-state index contributed by atoms with van der Waals surface area (Å²) in [5.74, 6) is 1.17. The molecule has 1 aromatic carbocycles. The van der Waals surface area contributed by atoms with Gasteiger partial charge in [-0.05, 0) is 23.9 Å². The summed E-state index contributed by atoms with van der Waals surface area (Å²) in [7, 11) is 1.54. The first-order chi connectivity index (χ1) is 13.0. The summed E-state index contributed by atoms with van der Waals surface area (Å²) in [4.78, 5) is 38.1. The third kappa shape index (κ3) is 4.66. The summed E-state index contributed by atoms with van der Waals surface area (Å²) >= 11 is 2.42. The van der Waals surface area contributed by atoms with Crippen molar-refractivity contribution in [3.8, 4) is 5.75 Å². The molecule has 2 aliphatic heterocycles. The van der Waals surface area contributed by atoms with Gasteiger partial charge in [-0.15, -0.1) is 0 Å². The van der Waals surface area contributed by atoms with Gasteiger partial charge in [0.15, 0.2) is 0 Å². The molecule has 0 bridgehead atoms. The van der Waals surface area contributed by atoms with E-state index >= 15 is 0 Å². The number of aliphatic hydroxyl groups excluding tert-OH is 1. The van der Waals surface area contributed by atoms with Crippen LogP contribution in [0.1, 0.15) is 12.0 Å². The lowest BCUT2D eigenvalue weighted by Crippen LogP contribution is -2.43. The summed E-state index contributed by atoms with van der Waals surface area (Å²) in [5.41, 5.74) is 0.705. The first-order valence-electron chi connectivity index (χ1n) is 8.43. The summed E-state index contributed by atoms with van der Waals surface area (Å²) in [6.07, 6.45) is 1.07. The van der Waals surface area contributed by atoms with Crippen LogP contribution in [0.3, 0.4) is 0 Å². The Morgan fingerprint density at radius 3 is 2.85 bits per heavy atom. The van der Waals surface area contributed by atoms with Gasteiger partial charge in [0.05, 0.1) is 24.2 Å². The van der Waals surface area contributed by atoms with E-state index < -0.39 is 17.3 Å². The highest BCUT2D eigenvalue weighted by molar-refractivity contribution is 8.18. The smallest absolute Gasteiger partial charge is 0.293 e. The number of para-hydroxylation sites is 1. The van der Waals surface area contributed by atoms with Crippen molar-refractivity contribution in [1.82, 2.24) is 10.2 Å². The van der Waals surface area contributed by atoms with Crippen molar-refractivity contribution in [1.29, 1.82) is 0 Å². The van der Waals surface area contributed by atoms with E-state index in [9.17, 15) is 19.5 Å². The number of thioether (sulfide) groups is 2. The Morgan fingerprint density at radius 1 is 1.37 bits per heavy atom. The molecule has 2 aliphatic rings. The third-order valence-corrected chi connectivity index (χ3v) is 6.34. The molecule has 2 heterocycles. The first-order valence-corrected chi connectivity index (χ1v) is 10.4. The van der Waals surface area contributed by atoms with Crippen LogP contribution in [0.15, 0.2) is 29.2 Å². The molecule has 0 aliphatic carbocycles. The number of hydrogen-bond donors (Lipinski definition) is 2. The van der Waals surface area contributed by atoms with Crippen LogP contribution < -0.4 is 10.1 Å². The van der Waals surface area contributed by atoms with Crippen LogP contribution in [0.4, 0.5) is 4.79 Å². The third-order valence-electron chi connectivity index (χ3n) is 4.26. The van der Waals surface area contributed by atoms with E-state index in [1.807, 2.05) is 12.1 Å². The largest absolute Gasteiger partial charge is 0.496 e. The van der Waals surface area contributed by atoms with E-state index in [2.05, 4.69) is 5.32 Å². The van der Waals surface area contributed by atoms with E-state index in [-0.39, 0.29) is 24.9 Å². The summed E-state index contributed by atoms with van der Waals surface area (Å²) in [6, 6.07) is 6.93. The fourth-order valence-electron chi connectivity index (χ4n) is 2.79. The van der Waals surface area contributed by atoms with Gasteiger partial charge in [0.25, 0.3) is 11.1 Å². The van der Waals surface area contributed by atoms with E-state index in [1.54, 1.807) is 30.0 Å². The highest BCUT2D eigenvalue weighted by Crippen LogP contribution is 2.34. The predicted octanol–water partition coefficient (Wildman–Crippen LogP) is 1.71. The molecule has 2 fully saturated rings. The van der Waals surface area contributed by atoms with Crippen LogP contribution in [-0.4, -0.2) is 64.4 Å². The van der Waals surface area contributed by atoms with Crippen molar-refractivity contribution >= 4 is 46.7 Å². The number of carbonyl (C=O) groups is 3. The number of nitrogens with one attached hydrogen (secondary N) is 1. The number of nitrogens with zero attached hydrogens (tertiary/aromatic N) is 1. The molecule has 9 heteroatoms. The fraction of sp³-hybridized carbons (Fsp3) is 0.389. The molecule has 0 spiro atoms. The highest BCUT2D eigenvalue weighted by atomic mass is 32.2. The molecule has 2 unspecified atom stereocenters. The van der Waals surface area contributed by atoms with Gasteiger partial charge >= 0.3 is 0 Å². The topological polar surface area (TPSA) is 95.9 Å². The molecule has 144 valence electrons. The molecule has 27 heavy (non-hydrogen) atoms. The maximum absolute atomic E-state index is 12.5. The standard InChI is InChI=1S/C18H20N2O5S2/c1-25-14-5-3-2-4-11(14)8-15-17(23)20(18(24)27-15)7-6-16(22)19-12-9-26-10-13(12)21/h2-5,8,12-13,21H,6-7,9-10H2,1H3,(H,19,22)/b15-8-. The SMILES string of the molecule is COc1ccccc1/C=C1\SC(=O)N(CCC(=O)NC2CSCC2O)C1=O. The minimum Gasteiger partial charge on any atom is -0.496 e. The van der Waals surface area contributed by atoms with Crippen LogP contribution in [-0.2, 0) is 9.59 Å².